The van der Waals surface area contributed by atoms with E-state index >= 15 is 0 Å². The first-order valence-corrected chi connectivity index (χ1v) is 4.09. The van der Waals surface area contributed by atoms with E-state index in [2.05, 4.69) is 4.74 Å². The highest BCUT2D eigenvalue weighted by molar-refractivity contribution is 6.63. The van der Waals surface area contributed by atoms with Gasteiger partial charge in [0.2, 0.25) is 0 Å². The number of hydrogen-bond donors (Lipinski definition) is 2. The predicted octanol–water partition coefficient (Wildman–Crippen LogP) is 0.918. The molecule has 1 rings (SSSR count). The summed E-state index contributed by atoms with van der Waals surface area (Å²) >= 11 is 5.46. The van der Waals surface area contributed by atoms with Crippen LogP contribution in [0.15, 0.2) is 18.2 Å². The minimum Gasteiger partial charge on any atom is -0.423 e. The summed E-state index contributed by atoms with van der Waals surface area (Å²) in [4.78, 5) is 0. The molecule has 0 aromatic heterocycles. The predicted molar refractivity (Wildman–Crippen MR) is 48.0 cm³/mol. The van der Waals surface area contributed by atoms with Gasteiger partial charge in [-0.2, -0.15) is 0 Å². The fraction of sp³-hybridized carbons (Fsp3) is 0.143. The van der Waals surface area contributed by atoms with Crippen molar-refractivity contribution in [2.75, 3.05) is 0 Å². The average Bonchev–Trinajstić information content (AvgIpc) is 2.05. The molecule has 0 atom stereocenters. The van der Waals surface area contributed by atoms with Crippen LogP contribution < -0.4 is 10.2 Å². The van der Waals surface area contributed by atoms with E-state index in [-0.39, 0.29) is 5.46 Å². The van der Waals surface area contributed by atoms with E-state index in [0.717, 1.165) is 6.07 Å². The summed E-state index contributed by atoms with van der Waals surface area (Å²) < 4.78 is 39.1. The largest absolute Gasteiger partial charge is 0.573 e. The molecule has 0 radical (unpaired) electrons. The van der Waals surface area contributed by atoms with Gasteiger partial charge >= 0.3 is 13.5 Å². The van der Waals surface area contributed by atoms with Crippen molar-refractivity contribution < 1.29 is 28.0 Å². The molecule has 2 N–H and O–H groups in total. The van der Waals surface area contributed by atoms with Gasteiger partial charge in [-0.15, -0.1) is 13.2 Å². The highest BCUT2D eigenvalue weighted by Gasteiger charge is 2.33. The lowest BCUT2D eigenvalue weighted by Crippen LogP contribution is -2.31. The second-order valence-corrected chi connectivity index (χ2v) is 2.96. The summed E-state index contributed by atoms with van der Waals surface area (Å²) in [7, 11) is -1.95. The van der Waals surface area contributed by atoms with E-state index in [1.807, 2.05) is 0 Å². The summed E-state index contributed by atoms with van der Waals surface area (Å²) in [6, 6.07) is 3.32. The van der Waals surface area contributed by atoms with E-state index in [9.17, 15) is 13.2 Å². The number of ether oxygens (including phenoxy) is 1. The van der Waals surface area contributed by atoms with Crippen LogP contribution in [0.25, 0.3) is 0 Å². The Hall–Kier alpha value is -0.915. The zero-order valence-corrected chi connectivity index (χ0v) is 7.88. The molecule has 1 aromatic rings. The third kappa shape index (κ3) is 3.30. The minimum absolute atomic E-state index is 0.251. The molecule has 3 nitrogen and oxygen atoms in total. The van der Waals surface area contributed by atoms with E-state index in [4.69, 9.17) is 21.6 Å². The molecular formula is C7H5BClF3O3. The van der Waals surface area contributed by atoms with Gasteiger partial charge < -0.3 is 14.8 Å². The minimum atomic E-state index is -4.87. The van der Waals surface area contributed by atoms with Crippen LogP contribution in [0.5, 0.6) is 5.75 Å². The van der Waals surface area contributed by atoms with Crippen LogP contribution in [0.2, 0.25) is 5.02 Å². The second kappa shape index (κ2) is 4.30. The van der Waals surface area contributed by atoms with Gasteiger partial charge in [-0.1, -0.05) is 23.7 Å². The first kappa shape index (κ1) is 12.2. The Balaban J connectivity index is 3.05. The monoisotopic (exact) mass is 240 g/mol. The van der Waals surface area contributed by atoms with Crippen molar-refractivity contribution >= 4 is 24.2 Å². The maximum absolute atomic E-state index is 11.8. The zero-order chi connectivity index (χ0) is 11.6. The maximum atomic E-state index is 11.8. The van der Waals surface area contributed by atoms with Gasteiger partial charge in [-0.25, -0.2) is 0 Å². The topological polar surface area (TPSA) is 49.7 Å². The van der Waals surface area contributed by atoms with Crippen molar-refractivity contribution in [3.8, 4) is 5.75 Å². The van der Waals surface area contributed by atoms with Gasteiger partial charge in [0.1, 0.15) is 5.75 Å². The summed E-state index contributed by atoms with van der Waals surface area (Å²) in [6.45, 7) is 0. The summed E-state index contributed by atoms with van der Waals surface area (Å²) in [5.74, 6) is -0.672. The highest BCUT2D eigenvalue weighted by Crippen LogP contribution is 2.28. The Morgan fingerprint density at radius 2 is 1.87 bits per heavy atom. The maximum Gasteiger partial charge on any atom is 0.573 e. The Bertz CT molecular complexity index is 356. The molecule has 0 aliphatic heterocycles. The van der Waals surface area contributed by atoms with Crippen molar-refractivity contribution in [3.05, 3.63) is 23.2 Å². The van der Waals surface area contributed by atoms with Gasteiger partial charge in [-0.05, 0) is 6.07 Å². The standard InChI is InChI=1S/C7H5BClF3O3/c9-6-4(8(13)14)2-1-3-5(6)15-7(10,11)12/h1-3,13-14H. The van der Waals surface area contributed by atoms with E-state index in [1.54, 1.807) is 0 Å². The van der Waals surface area contributed by atoms with Crippen LogP contribution in [0, 0.1) is 0 Å². The fourth-order valence-electron chi connectivity index (χ4n) is 0.931. The SMILES string of the molecule is OB(O)c1cccc(OC(F)(F)F)c1Cl. The Morgan fingerprint density at radius 3 is 2.33 bits per heavy atom. The molecule has 0 aliphatic carbocycles. The lowest BCUT2D eigenvalue weighted by molar-refractivity contribution is -0.274. The molecule has 0 saturated heterocycles. The number of benzene rings is 1. The summed E-state index contributed by atoms with van der Waals surface area (Å²) in [5, 5.41) is 17.0. The smallest absolute Gasteiger partial charge is 0.423 e. The second-order valence-electron chi connectivity index (χ2n) is 2.58. The number of alkyl halides is 3. The molecule has 0 heterocycles. The van der Waals surface area contributed by atoms with Gasteiger partial charge in [-0.3, -0.25) is 0 Å². The molecule has 8 heteroatoms. The van der Waals surface area contributed by atoms with Gasteiger partial charge in [0, 0.05) is 5.46 Å². The normalized spacial score (nSPS) is 11.3. The Kier molecular flexibility index (Phi) is 3.48. The van der Waals surface area contributed by atoms with Crippen LogP contribution in [0.3, 0.4) is 0 Å². The summed E-state index contributed by atoms with van der Waals surface area (Å²) in [5.41, 5.74) is -0.251. The lowest BCUT2D eigenvalue weighted by Gasteiger charge is -2.12. The molecule has 0 bridgehead atoms. The van der Waals surface area contributed by atoms with Crippen LogP contribution in [-0.2, 0) is 0 Å². The van der Waals surface area contributed by atoms with Crippen molar-refractivity contribution in [2.45, 2.75) is 6.36 Å². The Labute approximate surface area is 88.2 Å². The number of rotatable bonds is 2. The molecule has 0 unspecified atom stereocenters. The van der Waals surface area contributed by atoms with Crippen LogP contribution in [-0.4, -0.2) is 23.5 Å². The first-order valence-electron chi connectivity index (χ1n) is 3.71. The third-order valence-corrected chi connectivity index (χ3v) is 1.90. The van der Waals surface area contributed by atoms with Gasteiger partial charge in [0.05, 0.1) is 5.02 Å². The van der Waals surface area contributed by atoms with Gasteiger partial charge in [0.15, 0.2) is 0 Å². The molecule has 82 valence electrons. The van der Waals surface area contributed by atoms with Crippen LogP contribution in [0.4, 0.5) is 13.2 Å². The van der Waals surface area contributed by atoms with E-state index in [0.29, 0.717) is 0 Å². The molecule has 0 aliphatic rings. The molecule has 0 fully saturated rings. The molecule has 15 heavy (non-hydrogen) atoms. The summed E-state index contributed by atoms with van der Waals surface area (Å²) in [6.07, 6.45) is -4.87. The van der Waals surface area contributed by atoms with Crippen molar-refractivity contribution in [1.82, 2.24) is 0 Å². The third-order valence-electron chi connectivity index (χ3n) is 1.50. The van der Waals surface area contributed by atoms with Crippen LogP contribution in [0.1, 0.15) is 0 Å². The van der Waals surface area contributed by atoms with E-state index in [1.165, 1.54) is 12.1 Å². The van der Waals surface area contributed by atoms with Crippen LogP contribution >= 0.6 is 11.6 Å². The average molecular weight is 240 g/mol. The van der Waals surface area contributed by atoms with Crippen molar-refractivity contribution in [2.24, 2.45) is 0 Å². The highest BCUT2D eigenvalue weighted by atomic mass is 35.5. The first-order chi connectivity index (χ1) is 6.81. The lowest BCUT2D eigenvalue weighted by atomic mass is 9.80. The molecule has 1 aromatic carbocycles. The molecule has 0 amide bonds. The van der Waals surface area contributed by atoms with Crippen molar-refractivity contribution in [1.29, 1.82) is 0 Å². The molecule has 0 saturated carbocycles. The molecule has 0 spiro atoms. The number of hydrogen-bond acceptors (Lipinski definition) is 3. The van der Waals surface area contributed by atoms with E-state index < -0.39 is 24.3 Å². The molecular weight excluding hydrogens is 235 g/mol. The Morgan fingerprint density at radius 1 is 1.27 bits per heavy atom. The zero-order valence-electron chi connectivity index (χ0n) is 7.12. The fourth-order valence-corrected chi connectivity index (χ4v) is 1.19. The van der Waals surface area contributed by atoms with Gasteiger partial charge in [0.25, 0.3) is 0 Å². The quantitative estimate of drug-likeness (QED) is 0.756. The number of halogens is 4. The van der Waals surface area contributed by atoms with Crippen molar-refractivity contribution in [3.63, 3.8) is 0 Å².